The summed E-state index contributed by atoms with van der Waals surface area (Å²) in [6.45, 7) is 2.55. The van der Waals surface area contributed by atoms with Crippen LogP contribution in [0.2, 0.25) is 10.0 Å². The van der Waals surface area contributed by atoms with E-state index < -0.39 is 30.6 Å². The van der Waals surface area contributed by atoms with Gasteiger partial charge < -0.3 is 35.6 Å². The predicted octanol–water partition coefficient (Wildman–Crippen LogP) is 9.58. The molecule has 5 N–H and O–H groups in total. The van der Waals surface area contributed by atoms with Gasteiger partial charge in [-0.15, -0.1) is 0 Å². The first-order chi connectivity index (χ1) is 25.9. The van der Waals surface area contributed by atoms with E-state index >= 15 is 0 Å². The Labute approximate surface area is 358 Å². The molecule has 4 aromatic rings. The molecule has 0 spiro atoms. The monoisotopic (exact) mass is 1050 g/mol. The average molecular weight is 1060 g/mol. The molecule has 0 bridgehead atoms. The Bertz CT molecular complexity index is 2060. The number of ether oxygens (including phenoxy) is 2. The molecule has 0 aliphatic heterocycles. The largest absolute Gasteiger partial charge is 0.486 e. The van der Waals surface area contributed by atoms with Crippen molar-refractivity contribution in [1.29, 1.82) is 0 Å². The van der Waals surface area contributed by atoms with Crippen LogP contribution in [-0.2, 0) is 38.8 Å². The molecule has 0 aromatic heterocycles. The highest BCUT2D eigenvalue weighted by molar-refractivity contribution is 9.11. The van der Waals surface area contributed by atoms with Crippen LogP contribution in [0, 0.1) is 0 Å². The molecule has 1 atom stereocenters. The van der Waals surface area contributed by atoms with E-state index in [2.05, 4.69) is 79.7 Å². The third-order valence-electron chi connectivity index (χ3n) is 6.92. The Hall–Kier alpha value is -3.74. The Balaban J connectivity index is 0.000000296. The number of hydrogen-bond donors (Lipinski definition) is 5. The van der Waals surface area contributed by atoms with E-state index in [1.165, 1.54) is 26.0 Å². The van der Waals surface area contributed by atoms with Gasteiger partial charge in [0.15, 0.2) is 0 Å². The summed E-state index contributed by atoms with van der Waals surface area (Å²) in [5, 5.41) is 25.6. The number of carbonyl (C=O) groups is 5. The molecule has 0 saturated heterocycles. The van der Waals surface area contributed by atoms with Crippen molar-refractivity contribution in [2.24, 2.45) is 0 Å². The number of carboxylic acids is 2. The lowest BCUT2D eigenvalue weighted by Crippen LogP contribution is -2.29. The van der Waals surface area contributed by atoms with Crippen molar-refractivity contribution >= 4 is 128 Å². The second kappa shape index (κ2) is 21.5. The number of alkyl halides is 1. The third kappa shape index (κ3) is 14.1. The summed E-state index contributed by atoms with van der Waals surface area (Å²) in [6, 6.07) is 16.6. The highest BCUT2D eigenvalue weighted by Crippen LogP contribution is 2.38. The number of benzene rings is 4. The van der Waals surface area contributed by atoms with Crippen molar-refractivity contribution in [2.45, 2.75) is 39.7 Å². The summed E-state index contributed by atoms with van der Waals surface area (Å²) in [7, 11) is 0. The average Bonchev–Trinajstić information content (AvgIpc) is 3.09. The number of aliphatic carboxylic acids is 2. The van der Waals surface area contributed by atoms with Crippen molar-refractivity contribution in [1.82, 2.24) is 5.32 Å². The number of hydrogen-bond acceptors (Lipinski definition) is 7. The van der Waals surface area contributed by atoms with E-state index in [9.17, 15) is 28.4 Å². The molecule has 0 heterocycles. The maximum absolute atomic E-state index is 13.4. The van der Waals surface area contributed by atoms with Crippen LogP contribution in [0.25, 0.3) is 0 Å². The molecule has 0 aliphatic rings. The molecule has 4 aromatic carbocycles. The zero-order valence-corrected chi connectivity index (χ0v) is 36.4. The van der Waals surface area contributed by atoms with Gasteiger partial charge >= 0.3 is 11.9 Å². The smallest absolute Gasteiger partial charge is 0.338 e. The molecule has 0 saturated carbocycles. The van der Waals surface area contributed by atoms with Crippen LogP contribution >= 0.6 is 86.9 Å². The molecule has 4 rings (SSSR count). The fourth-order valence-corrected chi connectivity index (χ4v) is 7.89. The third-order valence-corrected chi connectivity index (χ3v) is 10.2. The van der Waals surface area contributed by atoms with Gasteiger partial charge in [-0.3, -0.25) is 19.2 Å². The van der Waals surface area contributed by atoms with Crippen molar-refractivity contribution < 1.29 is 48.0 Å². The lowest BCUT2D eigenvalue weighted by Gasteiger charge is -2.14. The summed E-state index contributed by atoms with van der Waals surface area (Å²) in [6.07, 6.45) is -2.23. The quantitative estimate of drug-likeness (QED) is 0.0822. The number of halogens is 7. The van der Waals surface area contributed by atoms with Crippen LogP contribution < -0.4 is 25.4 Å². The number of nitrogens with one attached hydrogen (secondary N) is 3. The van der Waals surface area contributed by atoms with E-state index in [1.54, 1.807) is 48.5 Å². The Morgan fingerprint density at radius 2 is 1.15 bits per heavy atom. The highest BCUT2D eigenvalue weighted by atomic mass is 79.9. The minimum absolute atomic E-state index is 0.119. The molecule has 0 aliphatic carbocycles. The van der Waals surface area contributed by atoms with E-state index in [4.69, 9.17) is 42.9 Å². The van der Waals surface area contributed by atoms with E-state index in [1.807, 2.05) is 0 Å². The topological polar surface area (TPSA) is 180 Å². The lowest BCUT2D eigenvalue weighted by molar-refractivity contribution is -0.142. The van der Waals surface area contributed by atoms with E-state index in [-0.39, 0.29) is 37.0 Å². The van der Waals surface area contributed by atoms with Gasteiger partial charge in [0.05, 0.1) is 39.3 Å². The summed E-state index contributed by atoms with van der Waals surface area (Å²) in [4.78, 5) is 55.7. The predicted molar refractivity (Wildman–Crippen MR) is 220 cm³/mol. The molecule has 1 unspecified atom stereocenters. The SMILES string of the molecule is CC(=O)Nc1cccc(COc2c(Br)cc(C(=O)NCC(=O)O)cc2Br)c1Cl.CC(=O)Nc1cccc(COc2c(Br)cc(CC(F)C(=O)O)cc2Br)c1Cl. The van der Waals surface area contributed by atoms with Crippen LogP contribution in [0.15, 0.2) is 78.6 Å². The number of anilines is 2. The summed E-state index contributed by atoms with van der Waals surface area (Å²) >= 11 is 26.0. The molecule has 0 radical (unpaired) electrons. The van der Waals surface area contributed by atoms with Gasteiger partial charge in [0.25, 0.3) is 5.91 Å². The van der Waals surface area contributed by atoms with Gasteiger partial charge in [-0.25, -0.2) is 9.18 Å². The number of carbonyl (C=O) groups excluding carboxylic acids is 3. The summed E-state index contributed by atoms with van der Waals surface area (Å²) < 4.78 is 27.1. The molecule has 19 heteroatoms. The van der Waals surface area contributed by atoms with E-state index in [0.29, 0.717) is 67.5 Å². The second-order valence-electron chi connectivity index (χ2n) is 11.2. The van der Waals surface area contributed by atoms with Crippen LogP contribution in [0.1, 0.15) is 40.9 Å². The first kappa shape index (κ1) is 45.6. The highest BCUT2D eigenvalue weighted by Gasteiger charge is 2.19. The lowest BCUT2D eigenvalue weighted by atomic mass is 10.1. The molecule has 3 amide bonds. The van der Waals surface area contributed by atoms with Crippen LogP contribution in [0.3, 0.4) is 0 Å². The van der Waals surface area contributed by atoms with Crippen LogP contribution in [0.5, 0.6) is 11.5 Å². The van der Waals surface area contributed by atoms with Gasteiger partial charge in [0, 0.05) is 37.0 Å². The number of rotatable bonds is 14. The summed E-state index contributed by atoms with van der Waals surface area (Å²) in [5.41, 5.74) is 3.07. The molecule has 55 heavy (non-hydrogen) atoms. The zero-order chi connectivity index (χ0) is 41.0. The first-order valence-electron chi connectivity index (χ1n) is 15.6. The van der Waals surface area contributed by atoms with Crippen LogP contribution in [0.4, 0.5) is 15.8 Å². The Morgan fingerprint density at radius 1 is 0.727 bits per heavy atom. The molecule has 0 fully saturated rings. The maximum atomic E-state index is 13.4. The van der Waals surface area contributed by atoms with Gasteiger partial charge in [-0.2, -0.15) is 0 Å². The Kier molecular flexibility index (Phi) is 17.9. The van der Waals surface area contributed by atoms with Gasteiger partial charge in [-0.05, 0) is 106 Å². The molecular weight excluding hydrogens is 1030 g/mol. The fourth-order valence-electron chi connectivity index (χ4n) is 4.50. The van der Waals surface area contributed by atoms with Crippen molar-refractivity contribution in [3.05, 3.63) is 111 Å². The maximum Gasteiger partial charge on any atom is 0.338 e. The second-order valence-corrected chi connectivity index (χ2v) is 15.4. The van der Waals surface area contributed by atoms with Crippen LogP contribution in [-0.4, -0.2) is 52.6 Å². The molecule has 12 nitrogen and oxygen atoms in total. The molecule has 292 valence electrons. The van der Waals surface area contributed by atoms with Gasteiger partial charge in [0.2, 0.25) is 18.0 Å². The summed E-state index contributed by atoms with van der Waals surface area (Å²) in [5.74, 6) is -2.73. The van der Waals surface area contributed by atoms with Crippen molar-refractivity contribution in [2.75, 3.05) is 17.2 Å². The van der Waals surface area contributed by atoms with Crippen molar-refractivity contribution in [3.63, 3.8) is 0 Å². The number of carboxylic acid groups (broad SMARTS) is 2. The Morgan fingerprint density at radius 3 is 1.53 bits per heavy atom. The fraction of sp³-hybridized carbons (Fsp3) is 0.194. The zero-order valence-electron chi connectivity index (χ0n) is 28.6. The van der Waals surface area contributed by atoms with Gasteiger partial charge in [0.1, 0.15) is 31.3 Å². The van der Waals surface area contributed by atoms with E-state index in [0.717, 1.165) is 0 Å². The minimum atomic E-state index is -1.98. The minimum Gasteiger partial charge on any atom is -0.486 e. The van der Waals surface area contributed by atoms with Crippen molar-refractivity contribution in [3.8, 4) is 11.5 Å². The van der Waals surface area contributed by atoms with Gasteiger partial charge in [-0.1, -0.05) is 47.5 Å². The standard InChI is InChI=1S/C18H15Br2ClFNO4.C18H15Br2ClN2O5/c1-9(24)23-15-4-2-3-11(16(15)21)8-27-17-12(19)5-10(6-13(17)20)7-14(22)18(25)26;1-9(24)23-14-4-2-3-10(16(14)21)8-28-17-12(19)5-11(6-13(17)20)18(27)22-7-15(25)26/h2-6,14H,7-8H2,1H3,(H,23,24)(H,25,26);2-6H,7-8H2,1H3,(H,22,27)(H,23,24)(H,25,26). The molecular formula is C36H30Br4Cl2FN3O9. The first-order valence-corrected chi connectivity index (χ1v) is 19.5. The normalized spacial score (nSPS) is 11.0. The number of amides is 3.